The van der Waals surface area contributed by atoms with Crippen molar-refractivity contribution in [1.82, 2.24) is 4.90 Å². The fourth-order valence-corrected chi connectivity index (χ4v) is 2.89. The van der Waals surface area contributed by atoms with Gasteiger partial charge in [0.05, 0.1) is 0 Å². The van der Waals surface area contributed by atoms with Crippen LogP contribution in [0.3, 0.4) is 0 Å². The number of carbonyl (C=O) groups is 1. The molecule has 112 valence electrons. The molecule has 1 fully saturated rings. The highest BCUT2D eigenvalue weighted by Gasteiger charge is 2.14. The normalized spacial score (nSPS) is 16.4. The van der Waals surface area contributed by atoms with Crippen LogP contribution < -0.4 is 0 Å². The Hall–Kier alpha value is -0.530. The zero-order chi connectivity index (χ0) is 13.8. The molecule has 1 heterocycles. The summed E-state index contributed by atoms with van der Waals surface area (Å²) in [4.78, 5) is 14.2. The predicted octanol–water partition coefficient (Wildman–Crippen LogP) is 4.92. The van der Waals surface area contributed by atoms with Gasteiger partial charge in [-0.2, -0.15) is 0 Å². The van der Waals surface area contributed by atoms with Crippen molar-refractivity contribution in [3.05, 3.63) is 0 Å². The number of hydrogen-bond donors (Lipinski definition) is 0. The van der Waals surface area contributed by atoms with Crippen LogP contribution in [0, 0.1) is 0 Å². The molecule has 0 N–H and O–H groups in total. The second-order valence-electron chi connectivity index (χ2n) is 6.02. The first-order chi connectivity index (χ1) is 9.34. The first-order valence-corrected chi connectivity index (χ1v) is 8.62. The third kappa shape index (κ3) is 8.28. The quantitative estimate of drug-likeness (QED) is 0.543. The van der Waals surface area contributed by atoms with Gasteiger partial charge >= 0.3 is 0 Å². The summed E-state index contributed by atoms with van der Waals surface area (Å²) in [5.74, 6) is 0.410. The van der Waals surface area contributed by atoms with Gasteiger partial charge < -0.3 is 4.90 Å². The molecule has 0 radical (unpaired) electrons. The van der Waals surface area contributed by atoms with E-state index in [1.165, 1.54) is 70.6 Å². The number of amides is 1. The van der Waals surface area contributed by atoms with Gasteiger partial charge in [-0.3, -0.25) is 4.79 Å². The smallest absolute Gasteiger partial charge is 0.222 e. The molecule has 0 saturated carbocycles. The highest BCUT2D eigenvalue weighted by molar-refractivity contribution is 5.76. The van der Waals surface area contributed by atoms with Crippen LogP contribution in [0.4, 0.5) is 0 Å². The monoisotopic (exact) mass is 267 g/mol. The summed E-state index contributed by atoms with van der Waals surface area (Å²) in [6.07, 6.45) is 16.3. The molecule has 0 bridgehead atoms. The first kappa shape index (κ1) is 16.5. The van der Waals surface area contributed by atoms with Crippen LogP contribution in [0.15, 0.2) is 0 Å². The standard InChI is InChI=1S/C17H33NO/c1-2-3-4-5-6-7-8-11-14-17(19)18-15-12-9-10-13-16-18/h2-16H2,1H3. The van der Waals surface area contributed by atoms with E-state index in [1.807, 2.05) is 0 Å². The average molecular weight is 267 g/mol. The van der Waals surface area contributed by atoms with Crippen molar-refractivity contribution in [3.8, 4) is 0 Å². The molecule has 2 heteroatoms. The van der Waals surface area contributed by atoms with E-state index in [4.69, 9.17) is 0 Å². The molecule has 1 aliphatic rings. The third-order valence-corrected chi connectivity index (χ3v) is 4.20. The third-order valence-electron chi connectivity index (χ3n) is 4.20. The van der Waals surface area contributed by atoms with Crippen molar-refractivity contribution >= 4 is 5.91 Å². The van der Waals surface area contributed by atoms with Crippen LogP contribution in [0.25, 0.3) is 0 Å². The van der Waals surface area contributed by atoms with E-state index in [0.29, 0.717) is 5.91 Å². The summed E-state index contributed by atoms with van der Waals surface area (Å²) in [6, 6.07) is 0. The van der Waals surface area contributed by atoms with Crippen molar-refractivity contribution in [3.63, 3.8) is 0 Å². The number of carbonyl (C=O) groups excluding carboxylic acids is 1. The molecule has 0 aromatic heterocycles. The Kier molecular flexibility index (Phi) is 9.84. The summed E-state index contributed by atoms with van der Waals surface area (Å²) in [5.41, 5.74) is 0. The molecule has 1 rings (SSSR count). The number of hydrogen-bond acceptors (Lipinski definition) is 1. The SMILES string of the molecule is CCCCCCCCCCC(=O)N1CCCCCC1. The van der Waals surface area contributed by atoms with Crippen LogP contribution >= 0.6 is 0 Å². The van der Waals surface area contributed by atoms with Gasteiger partial charge in [-0.25, -0.2) is 0 Å². The van der Waals surface area contributed by atoms with Crippen molar-refractivity contribution in [2.24, 2.45) is 0 Å². The fraction of sp³-hybridized carbons (Fsp3) is 0.941. The molecule has 0 atom stereocenters. The molecule has 0 unspecified atom stereocenters. The molecule has 0 spiro atoms. The van der Waals surface area contributed by atoms with E-state index in [1.54, 1.807) is 0 Å². The van der Waals surface area contributed by atoms with Crippen LogP contribution in [0.2, 0.25) is 0 Å². The van der Waals surface area contributed by atoms with Gasteiger partial charge in [0.2, 0.25) is 5.91 Å². The van der Waals surface area contributed by atoms with Gasteiger partial charge in [0.15, 0.2) is 0 Å². The molecule has 0 aliphatic carbocycles. The van der Waals surface area contributed by atoms with Crippen molar-refractivity contribution in [1.29, 1.82) is 0 Å². The minimum atomic E-state index is 0.410. The minimum absolute atomic E-state index is 0.410. The van der Waals surface area contributed by atoms with Gasteiger partial charge in [-0.05, 0) is 19.3 Å². The Morgan fingerprint density at radius 1 is 0.789 bits per heavy atom. The Bertz CT molecular complexity index is 219. The molecule has 2 nitrogen and oxygen atoms in total. The van der Waals surface area contributed by atoms with E-state index in [9.17, 15) is 4.79 Å². The van der Waals surface area contributed by atoms with Crippen LogP contribution in [-0.4, -0.2) is 23.9 Å². The lowest BCUT2D eigenvalue weighted by atomic mass is 10.1. The summed E-state index contributed by atoms with van der Waals surface area (Å²) in [6.45, 7) is 4.28. The predicted molar refractivity (Wildman–Crippen MR) is 82.3 cm³/mol. The maximum Gasteiger partial charge on any atom is 0.222 e. The van der Waals surface area contributed by atoms with E-state index in [2.05, 4.69) is 11.8 Å². The maximum atomic E-state index is 12.1. The summed E-state index contributed by atoms with van der Waals surface area (Å²) >= 11 is 0. The van der Waals surface area contributed by atoms with Crippen LogP contribution in [0.1, 0.15) is 90.4 Å². The average Bonchev–Trinajstić information content (AvgIpc) is 2.70. The minimum Gasteiger partial charge on any atom is -0.343 e. The largest absolute Gasteiger partial charge is 0.343 e. The van der Waals surface area contributed by atoms with E-state index >= 15 is 0 Å². The topological polar surface area (TPSA) is 20.3 Å². The summed E-state index contributed by atoms with van der Waals surface area (Å²) in [5, 5.41) is 0. The summed E-state index contributed by atoms with van der Waals surface area (Å²) in [7, 11) is 0. The Balaban J connectivity index is 1.94. The number of unbranched alkanes of at least 4 members (excludes halogenated alkanes) is 7. The van der Waals surface area contributed by atoms with E-state index < -0.39 is 0 Å². The number of nitrogens with zero attached hydrogens (tertiary/aromatic N) is 1. The zero-order valence-corrected chi connectivity index (χ0v) is 13.0. The highest BCUT2D eigenvalue weighted by Crippen LogP contribution is 2.13. The molecule has 19 heavy (non-hydrogen) atoms. The Morgan fingerprint density at radius 3 is 1.89 bits per heavy atom. The van der Waals surface area contributed by atoms with Gasteiger partial charge in [0, 0.05) is 19.5 Å². The lowest BCUT2D eigenvalue weighted by Gasteiger charge is -2.20. The lowest BCUT2D eigenvalue weighted by Crippen LogP contribution is -2.31. The number of likely N-dealkylation sites (tertiary alicyclic amines) is 1. The second-order valence-corrected chi connectivity index (χ2v) is 6.02. The lowest BCUT2D eigenvalue weighted by molar-refractivity contribution is -0.131. The van der Waals surface area contributed by atoms with Crippen molar-refractivity contribution < 1.29 is 4.79 Å². The fourth-order valence-electron chi connectivity index (χ4n) is 2.89. The molecular weight excluding hydrogens is 234 g/mol. The van der Waals surface area contributed by atoms with Gasteiger partial charge in [-0.15, -0.1) is 0 Å². The second kappa shape index (κ2) is 11.3. The van der Waals surface area contributed by atoms with Crippen molar-refractivity contribution in [2.45, 2.75) is 90.4 Å². The van der Waals surface area contributed by atoms with Crippen molar-refractivity contribution in [2.75, 3.05) is 13.1 Å². The molecule has 0 aromatic carbocycles. The molecular formula is C17H33NO. The molecule has 1 amide bonds. The van der Waals surface area contributed by atoms with Gasteiger partial charge in [0.25, 0.3) is 0 Å². The Morgan fingerprint density at radius 2 is 1.32 bits per heavy atom. The van der Waals surface area contributed by atoms with Crippen LogP contribution in [-0.2, 0) is 4.79 Å². The van der Waals surface area contributed by atoms with Gasteiger partial charge in [-0.1, -0.05) is 64.7 Å². The molecule has 0 aromatic rings. The van der Waals surface area contributed by atoms with E-state index in [0.717, 1.165) is 25.9 Å². The van der Waals surface area contributed by atoms with E-state index in [-0.39, 0.29) is 0 Å². The van der Waals surface area contributed by atoms with Gasteiger partial charge in [0.1, 0.15) is 0 Å². The highest BCUT2D eigenvalue weighted by atomic mass is 16.2. The maximum absolute atomic E-state index is 12.1. The number of rotatable bonds is 9. The first-order valence-electron chi connectivity index (χ1n) is 8.62. The Labute approximate surface area is 119 Å². The molecule has 1 saturated heterocycles. The van der Waals surface area contributed by atoms with Crippen LogP contribution in [0.5, 0.6) is 0 Å². The summed E-state index contributed by atoms with van der Waals surface area (Å²) < 4.78 is 0. The zero-order valence-electron chi connectivity index (χ0n) is 13.0. The molecule has 1 aliphatic heterocycles.